The molecule has 1 aliphatic carbocycles. The first kappa shape index (κ1) is 12.1. The second-order valence-corrected chi connectivity index (χ2v) is 7.73. The van der Waals surface area contributed by atoms with Crippen molar-refractivity contribution >= 4 is 21.6 Å². The van der Waals surface area contributed by atoms with E-state index in [1.54, 1.807) is 0 Å². The van der Waals surface area contributed by atoms with Gasteiger partial charge in [-0.25, -0.2) is 0 Å². The maximum Gasteiger partial charge on any atom is 0.0462 e. The van der Waals surface area contributed by atoms with Crippen molar-refractivity contribution in [2.24, 2.45) is 29.4 Å². The summed E-state index contributed by atoms with van der Waals surface area (Å²) in [6, 6.07) is 0. The molecule has 0 bridgehead atoms. The van der Waals surface area contributed by atoms with E-state index in [0.717, 1.165) is 17.7 Å². The average molecular weight is 247 g/mol. The van der Waals surface area contributed by atoms with E-state index in [0.29, 0.717) is 29.6 Å². The molecule has 0 amide bonds. The van der Waals surface area contributed by atoms with Gasteiger partial charge in [0.25, 0.3) is 0 Å². The molecule has 88 valence electrons. The standard InChI is InChI=1S/C11H21NOS2/c1-6-7(2)11-9(3-8(6)5-13)14-15-10(11)4-12/h6-11,13H,3-5,12H2,1-2H3. The van der Waals surface area contributed by atoms with Crippen LogP contribution in [0.15, 0.2) is 0 Å². The molecular weight excluding hydrogens is 226 g/mol. The molecule has 0 aromatic rings. The van der Waals surface area contributed by atoms with E-state index in [2.05, 4.69) is 13.8 Å². The van der Waals surface area contributed by atoms with Crippen molar-refractivity contribution < 1.29 is 5.11 Å². The lowest BCUT2D eigenvalue weighted by Gasteiger charge is -2.42. The molecule has 6 atom stereocenters. The Balaban J connectivity index is 2.12. The first-order chi connectivity index (χ1) is 7.19. The van der Waals surface area contributed by atoms with E-state index in [1.807, 2.05) is 21.6 Å². The Morgan fingerprint density at radius 2 is 2.00 bits per heavy atom. The van der Waals surface area contributed by atoms with Gasteiger partial charge in [-0.2, -0.15) is 0 Å². The van der Waals surface area contributed by atoms with Gasteiger partial charge in [-0.1, -0.05) is 35.4 Å². The van der Waals surface area contributed by atoms with Crippen molar-refractivity contribution in [3.63, 3.8) is 0 Å². The van der Waals surface area contributed by atoms with Crippen LogP contribution in [0.3, 0.4) is 0 Å². The fraction of sp³-hybridized carbons (Fsp3) is 1.00. The van der Waals surface area contributed by atoms with Crippen molar-refractivity contribution in [1.29, 1.82) is 0 Å². The summed E-state index contributed by atoms with van der Waals surface area (Å²) in [5.74, 6) is 2.62. The van der Waals surface area contributed by atoms with Gasteiger partial charge in [-0.05, 0) is 30.1 Å². The molecule has 0 radical (unpaired) electrons. The molecule has 4 heteroatoms. The molecule has 0 aromatic heterocycles. The van der Waals surface area contributed by atoms with Gasteiger partial charge < -0.3 is 10.8 Å². The van der Waals surface area contributed by atoms with Gasteiger partial charge >= 0.3 is 0 Å². The minimum absolute atomic E-state index is 0.354. The van der Waals surface area contributed by atoms with Crippen molar-refractivity contribution in [2.75, 3.05) is 13.2 Å². The van der Waals surface area contributed by atoms with Gasteiger partial charge in [0.15, 0.2) is 0 Å². The second-order valence-electron chi connectivity index (χ2n) is 4.98. The smallest absolute Gasteiger partial charge is 0.0462 e. The molecule has 2 nitrogen and oxygen atoms in total. The van der Waals surface area contributed by atoms with Gasteiger partial charge in [-0.3, -0.25) is 0 Å². The summed E-state index contributed by atoms with van der Waals surface area (Å²) in [7, 11) is 3.99. The summed E-state index contributed by atoms with van der Waals surface area (Å²) in [5, 5.41) is 10.7. The normalized spacial score (nSPS) is 50.4. The zero-order valence-corrected chi connectivity index (χ0v) is 11.1. The van der Waals surface area contributed by atoms with E-state index in [9.17, 15) is 5.11 Å². The molecule has 2 fully saturated rings. The molecule has 3 N–H and O–H groups in total. The van der Waals surface area contributed by atoms with Crippen LogP contribution in [-0.2, 0) is 0 Å². The Hall–Kier alpha value is 0.620. The number of rotatable bonds is 2. The van der Waals surface area contributed by atoms with Crippen LogP contribution in [0.1, 0.15) is 20.3 Å². The molecule has 1 saturated heterocycles. The van der Waals surface area contributed by atoms with Crippen LogP contribution in [0.4, 0.5) is 0 Å². The second kappa shape index (κ2) is 4.86. The molecule has 2 aliphatic rings. The van der Waals surface area contributed by atoms with Crippen molar-refractivity contribution in [1.82, 2.24) is 0 Å². The van der Waals surface area contributed by atoms with Crippen molar-refractivity contribution in [2.45, 2.75) is 30.8 Å². The molecule has 1 saturated carbocycles. The van der Waals surface area contributed by atoms with Gasteiger partial charge in [-0.15, -0.1) is 0 Å². The summed E-state index contributed by atoms with van der Waals surface area (Å²) in [4.78, 5) is 0. The Bertz CT molecular complexity index is 225. The van der Waals surface area contributed by atoms with E-state index in [1.165, 1.54) is 6.42 Å². The van der Waals surface area contributed by atoms with E-state index in [-0.39, 0.29) is 0 Å². The van der Waals surface area contributed by atoms with Crippen LogP contribution in [-0.4, -0.2) is 28.8 Å². The van der Waals surface area contributed by atoms with Crippen LogP contribution in [0, 0.1) is 23.7 Å². The summed E-state index contributed by atoms with van der Waals surface area (Å²) < 4.78 is 0. The lowest BCUT2D eigenvalue weighted by molar-refractivity contribution is 0.0751. The highest BCUT2D eigenvalue weighted by Crippen LogP contribution is 2.57. The predicted octanol–water partition coefficient (Wildman–Crippen LogP) is 1.98. The van der Waals surface area contributed by atoms with Crippen LogP contribution in [0.2, 0.25) is 0 Å². The first-order valence-corrected chi connectivity index (χ1v) is 8.09. The third-order valence-electron chi connectivity index (χ3n) is 4.34. The monoisotopic (exact) mass is 247 g/mol. The summed E-state index contributed by atoms with van der Waals surface area (Å²) in [5.41, 5.74) is 5.83. The first-order valence-electron chi connectivity index (χ1n) is 5.82. The fourth-order valence-electron chi connectivity index (χ4n) is 3.11. The zero-order valence-electron chi connectivity index (χ0n) is 9.43. The Morgan fingerprint density at radius 3 is 2.60 bits per heavy atom. The van der Waals surface area contributed by atoms with E-state index < -0.39 is 0 Å². The van der Waals surface area contributed by atoms with Gasteiger partial charge in [0.05, 0.1) is 0 Å². The Labute approximate surface area is 100 Å². The van der Waals surface area contributed by atoms with Crippen molar-refractivity contribution in [3.8, 4) is 0 Å². The fourth-order valence-corrected chi connectivity index (χ4v) is 7.13. The molecule has 1 heterocycles. The van der Waals surface area contributed by atoms with E-state index in [4.69, 9.17) is 5.73 Å². The molecule has 2 rings (SSSR count). The lowest BCUT2D eigenvalue weighted by Crippen LogP contribution is -2.43. The summed E-state index contributed by atoms with van der Waals surface area (Å²) >= 11 is 0. The third kappa shape index (κ3) is 2.06. The lowest BCUT2D eigenvalue weighted by atomic mass is 9.67. The summed E-state index contributed by atoms with van der Waals surface area (Å²) in [6.07, 6.45) is 1.18. The third-order valence-corrected chi connectivity index (χ3v) is 7.78. The number of fused-ring (bicyclic) bond motifs is 1. The number of nitrogens with two attached hydrogens (primary N) is 1. The summed E-state index contributed by atoms with van der Waals surface area (Å²) in [6.45, 7) is 5.80. The van der Waals surface area contributed by atoms with Crippen molar-refractivity contribution in [3.05, 3.63) is 0 Å². The largest absolute Gasteiger partial charge is 0.396 e. The number of hydrogen-bond donors (Lipinski definition) is 2. The van der Waals surface area contributed by atoms with Crippen LogP contribution < -0.4 is 5.73 Å². The highest BCUT2D eigenvalue weighted by Gasteiger charge is 2.47. The number of aliphatic hydroxyl groups is 1. The van der Waals surface area contributed by atoms with Gasteiger partial charge in [0.1, 0.15) is 0 Å². The topological polar surface area (TPSA) is 46.2 Å². The molecule has 0 spiro atoms. The maximum absolute atomic E-state index is 9.38. The molecule has 1 aliphatic heterocycles. The Morgan fingerprint density at radius 1 is 1.27 bits per heavy atom. The van der Waals surface area contributed by atoms with E-state index >= 15 is 0 Å². The molecule has 15 heavy (non-hydrogen) atoms. The highest BCUT2D eigenvalue weighted by molar-refractivity contribution is 8.77. The zero-order chi connectivity index (χ0) is 11.0. The number of hydrogen-bond acceptors (Lipinski definition) is 4. The minimum atomic E-state index is 0.354. The highest BCUT2D eigenvalue weighted by atomic mass is 33.1. The quantitative estimate of drug-likeness (QED) is 0.733. The maximum atomic E-state index is 9.38. The minimum Gasteiger partial charge on any atom is -0.396 e. The molecule has 0 aromatic carbocycles. The number of aliphatic hydroxyl groups excluding tert-OH is 1. The van der Waals surface area contributed by atoms with Gasteiger partial charge in [0, 0.05) is 23.7 Å². The van der Waals surface area contributed by atoms with Crippen LogP contribution in [0.5, 0.6) is 0 Å². The average Bonchev–Trinajstić information content (AvgIpc) is 2.66. The van der Waals surface area contributed by atoms with Crippen LogP contribution in [0.25, 0.3) is 0 Å². The SMILES string of the molecule is CC1C(CO)CC2SSC(CN)C2C1C. The molecule has 6 unspecified atom stereocenters. The predicted molar refractivity (Wildman–Crippen MR) is 68.8 cm³/mol. The molecular formula is C11H21NOS2. The Kier molecular flexibility index (Phi) is 3.92. The van der Waals surface area contributed by atoms with Crippen LogP contribution >= 0.6 is 21.6 Å². The van der Waals surface area contributed by atoms with Gasteiger partial charge in [0.2, 0.25) is 0 Å².